The Bertz CT molecular complexity index is 1030. The van der Waals surface area contributed by atoms with Crippen LogP contribution < -0.4 is 10.1 Å². The molecule has 0 spiro atoms. The molecule has 1 unspecified atom stereocenters. The Morgan fingerprint density at radius 1 is 1.34 bits per heavy atom. The maximum Gasteiger partial charge on any atom is 0.234 e. The van der Waals surface area contributed by atoms with Gasteiger partial charge in [0.25, 0.3) is 0 Å². The molecule has 0 fully saturated rings. The molecule has 1 N–H and O–H groups in total. The van der Waals surface area contributed by atoms with Crippen LogP contribution in [0, 0.1) is 11.6 Å². The van der Waals surface area contributed by atoms with E-state index in [4.69, 9.17) is 16.3 Å². The highest BCUT2D eigenvalue weighted by molar-refractivity contribution is 7.99. The van der Waals surface area contributed by atoms with Crippen molar-refractivity contribution in [1.82, 2.24) is 19.7 Å². The van der Waals surface area contributed by atoms with Crippen LogP contribution in [0.1, 0.15) is 18.9 Å². The number of rotatable bonds is 7. The van der Waals surface area contributed by atoms with Gasteiger partial charge in [-0.05, 0) is 31.2 Å². The Morgan fingerprint density at radius 2 is 2.14 bits per heavy atom. The summed E-state index contributed by atoms with van der Waals surface area (Å²) in [6.07, 6.45) is 0.874. The van der Waals surface area contributed by atoms with Gasteiger partial charge < -0.3 is 14.6 Å². The molecule has 2 aromatic heterocycles. The number of hydrogen-bond donors (Lipinski definition) is 1. The van der Waals surface area contributed by atoms with Crippen LogP contribution in [-0.2, 0) is 11.8 Å². The molecule has 152 valence electrons. The summed E-state index contributed by atoms with van der Waals surface area (Å²) in [5.74, 6) is -1.38. The highest BCUT2D eigenvalue weighted by Gasteiger charge is 2.19. The third kappa shape index (κ3) is 5.21. The van der Waals surface area contributed by atoms with Gasteiger partial charge >= 0.3 is 0 Å². The lowest BCUT2D eigenvalue weighted by atomic mass is 10.3. The van der Waals surface area contributed by atoms with Gasteiger partial charge in [-0.3, -0.25) is 4.79 Å². The number of benzene rings is 1. The van der Waals surface area contributed by atoms with Crippen LogP contribution in [0.2, 0.25) is 5.15 Å². The zero-order valence-electron chi connectivity index (χ0n) is 15.4. The predicted molar refractivity (Wildman–Crippen MR) is 105 cm³/mol. The summed E-state index contributed by atoms with van der Waals surface area (Å²) in [5, 5.41) is 11.4. The maximum atomic E-state index is 13.8. The fourth-order valence-corrected chi connectivity index (χ4v) is 3.30. The number of nitrogens with zero attached hydrogens (tertiary/aromatic N) is 4. The molecule has 0 bridgehead atoms. The average Bonchev–Trinajstić information content (AvgIpc) is 3.05. The van der Waals surface area contributed by atoms with Gasteiger partial charge in [0.05, 0.1) is 11.4 Å². The van der Waals surface area contributed by atoms with Gasteiger partial charge in [-0.25, -0.2) is 13.8 Å². The van der Waals surface area contributed by atoms with E-state index in [0.29, 0.717) is 16.7 Å². The third-order valence-corrected chi connectivity index (χ3v) is 5.12. The van der Waals surface area contributed by atoms with Crippen LogP contribution in [0.5, 0.6) is 5.75 Å². The molecule has 1 amide bonds. The summed E-state index contributed by atoms with van der Waals surface area (Å²) in [6.45, 7) is 1.67. The summed E-state index contributed by atoms with van der Waals surface area (Å²) in [7, 11) is 1.70. The van der Waals surface area contributed by atoms with E-state index in [1.54, 1.807) is 30.7 Å². The molecule has 1 aromatic carbocycles. The zero-order chi connectivity index (χ0) is 21.0. The highest BCUT2D eigenvalue weighted by Crippen LogP contribution is 2.26. The Balaban J connectivity index is 1.61. The first-order chi connectivity index (χ1) is 13.8. The van der Waals surface area contributed by atoms with Crippen LogP contribution in [0.15, 0.2) is 41.7 Å². The van der Waals surface area contributed by atoms with E-state index in [0.717, 1.165) is 23.9 Å². The SMILES string of the molecule is CC(Oc1ccc(F)cc1F)c1nnc(SCC(=O)Nc2cccnc2Cl)n1C. The molecule has 29 heavy (non-hydrogen) atoms. The number of thioether (sulfide) groups is 1. The summed E-state index contributed by atoms with van der Waals surface area (Å²) >= 11 is 7.08. The van der Waals surface area contributed by atoms with Crippen molar-refractivity contribution in [2.24, 2.45) is 7.05 Å². The maximum absolute atomic E-state index is 13.8. The standard InChI is InChI=1S/C18H16ClF2N5O2S/c1-10(28-14-6-5-11(20)8-12(14)21)17-24-25-18(26(17)2)29-9-15(27)23-13-4-3-7-22-16(13)19/h3-8,10H,9H2,1-2H3,(H,23,27). The molecule has 0 aliphatic carbocycles. The average molecular weight is 440 g/mol. The van der Waals surface area contributed by atoms with Gasteiger partial charge in [0.2, 0.25) is 5.91 Å². The van der Waals surface area contributed by atoms with E-state index >= 15 is 0 Å². The molecule has 0 aliphatic heterocycles. The van der Waals surface area contributed by atoms with Gasteiger partial charge in [-0.2, -0.15) is 0 Å². The minimum atomic E-state index is -0.806. The number of aromatic nitrogens is 4. The van der Waals surface area contributed by atoms with E-state index in [1.165, 1.54) is 12.3 Å². The molecule has 11 heteroatoms. The number of pyridine rings is 1. The van der Waals surface area contributed by atoms with Crippen molar-refractivity contribution in [1.29, 1.82) is 0 Å². The van der Waals surface area contributed by atoms with Gasteiger partial charge in [0.15, 0.2) is 33.8 Å². The quantitative estimate of drug-likeness (QED) is 0.442. The molecule has 0 radical (unpaired) electrons. The Labute approximate surface area is 174 Å². The van der Waals surface area contributed by atoms with Gasteiger partial charge in [-0.1, -0.05) is 23.4 Å². The largest absolute Gasteiger partial charge is 0.480 e. The van der Waals surface area contributed by atoms with Crippen LogP contribution in [0.3, 0.4) is 0 Å². The van der Waals surface area contributed by atoms with Crippen molar-refractivity contribution in [2.45, 2.75) is 18.2 Å². The first-order valence-electron chi connectivity index (χ1n) is 8.39. The number of halogens is 3. The molecular weight excluding hydrogens is 424 g/mol. The zero-order valence-corrected chi connectivity index (χ0v) is 17.0. The third-order valence-electron chi connectivity index (χ3n) is 3.80. The van der Waals surface area contributed by atoms with Gasteiger partial charge in [0.1, 0.15) is 5.82 Å². The minimum absolute atomic E-state index is 0.0685. The Morgan fingerprint density at radius 3 is 2.86 bits per heavy atom. The number of carbonyl (C=O) groups is 1. The Kier molecular flexibility index (Phi) is 6.65. The molecule has 3 aromatic rings. The van der Waals surface area contributed by atoms with Crippen molar-refractivity contribution in [3.05, 3.63) is 59.1 Å². The lowest BCUT2D eigenvalue weighted by molar-refractivity contribution is -0.113. The predicted octanol–water partition coefficient (Wildman–Crippen LogP) is 4.01. The number of amides is 1. The highest BCUT2D eigenvalue weighted by atomic mass is 35.5. The lowest BCUT2D eigenvalue weighted by Crippen LogP contribution is -2.15. The summed E-state index contributed by atoms with van der Waals surface area (Å²) in [6, 6.07) is 6.37. The number of ether oxygens (including phenoxy) is 1. The lowest BCUT2D eigenvalue weighted by Gasteiger charge is -2.14. The first kappa shape index (κ1) is 21.0. The topological polar surface area (TPSA) is 81.9 Å². The molecule has 1 atom stereocenters. The van der Waals surface area contributed by atoms with Crippen molar-refractivity contribution in [3.8, 4) is 5.75 Å². The van der Waals surface area contributed by atoms with Crippen molar-refractivity contribution in [2.75, 3.05) is 11.1 Å². The first-order valence-corrected chi connectivity index (χ1v) is 9.75. The minimum Gasteiger partial charge on any atom is -0.480 e. The molecule has 7 nitrogen and oxygen atoms in total. The van der Waals surface area contributed by atoms with Gasteiger partial charge in [-0.15, -0.1) is 10.2 Å². The van der Waals surface area contributed by atoms with E-state index in [2.05, 4.69) is 20.5 Å². The summed E-state index contributed by atoms with van der Waals surface area (Å²) in [4.78, 5) is 16.0. The van der Waals surface area contributed by atoms with Gasteiger partial charge in [0, 0.05) is 19.3 Å². The van der Waals surface area contributed by atoms with Crippen LogP contribution in [0.4, 0.5) is 14.5 Å². The number of carbonyl (C=O) groups excluding carboxylic acids is 1. The van der Waals surface area contributed by atoms with E-state index < -0.39 is 17.7 Å². The molecule has 0 saturated carbocycles. The second-order valence-electron chi connectivity index (χ2n) is 5.91. The number of anilines is 1. The fourth-order valence-electron chi connectivity index (χ4n) is 2.42. The molecular formula is C18H16ClF2N5O2S. The molecule has 0 aliphatic rings. The van der Waals surface area contributed by atoms with Crippen molar-refractivity contribution >= 4 is 35.0 Å². The molecule has 3 rings (SSSR count). The molecule has 0 saturated heterocycles. The van der Waals surface area contributed by atoms with Crippen LogP contribution >= 0.6 is 23.4 Å². The van der Waals surface area contributed by atoms with Crippen LogP contribution in [0.25, 0.3) is 0 Å². The van der Waals surface area contributed by atoms with Crippen molar-refractivity contribution < 1.29 is 18.3 Å². The normalized spacial score (nSPS) is 11.9. The second-order valence-corrected chi connectivity index (χ2v) is 7.21. The Hall–Kier alpha value is -2.72. The number of nitrogens with one attached hydrogen (secondary N) is 1. The van der Waals surface area contributed by atoms with Crippen LogP contribution in [-0.4, -0.2) is 31.4 Å². The summed E-state index contributed by atoms with van der Waals surface area (Å²) in [5.41, 5.74) is 0.418. The number of hydrogen-bond acceptors (Lipinski definition) is 6. The second kappa shape index (κ2) is 9.19. The summed E-state index contributed by atoms with van der Waals surface area (Å²) < 4.78 is 34.0. The molecule has 2 heterocycles. The van der Waals surface area contributed by atoms with E-state index in [-0.39, 0.29) is 22.6 Å². The van der Waals surface area contributed by atoms with Crippen molar-refractivity contribution in [3.63, 3.8) is 0 Å². The van der Waals surface area contributed by atoms with E-state index in [9.17, 15) is 13.6 Å². The van der Waals surface area contributed by atoms with E-state index in [1.807, 2.05) is 0 Å². The monoisotopic (exact) mass is 439 g/mol. The smallest absolute Gasteiger partial charge is 0.234 e. The fraction of sp³-hybridized carbons (Fsp3) is 0.222.